The lowest BCUT2D eigenvalue weighted by Gasteiger charge is -2.49. The van der Waals surface area contributed by atoms with Crippen molar-refractivity contribution in [3.63, 3.8) is 0 Å². The second kappa shape index (κ2) is 10.8. The zero-order valence-electron chi connectivity index (χ0n) is 30.2. The van der Waals surface area contributed by atoms with Crippen molar-refractivity contribution in [1.82, 2.24) is 0 Å². The fourth-order valence-electron chi connectivity index (χ4n) is 8.63. The Morgan fingerprint density at radius 3 is 1.27 bits per heavy atom. The van der Waals surface area contributed by atoms with Gasteiger partial charge in [-0.2, -0.15) is 0 Å². The lowest BCUT2D eigenvalue weighted by Crippen LogP contribution is -2.43. The van der Waals surface area contributed by atoms with Crippen LogP contribution < -0.4 is 4.90 Å². The molecule has 0 heterocycles. The number of hydrogen-bond donors (Lipinski definition) is 0. The molecule has 49 heavy (non-hydrogen) atoms. The molecule has 0 aromatic heterocycles. The summed E-state index contributed by atoms with van der Waals surface area (Å²) in [6.07, 6.45) is 0. The third-order valence-corrected chi connectivity index (χ3v) is 13.0. The van der Waals surface area contributed by atoms with Crippen molar-refractivity contribution in [2.45, 2.75) is 77.0 Å². The fourth-order valence-corrected chi connectivity index (χ4v) is 8.63. The van der Waals surface area contributed by atoms with Gasteiger partial charge in [-0.05, 0) is 120 Å². The maximum atomic E-state index is 2.45. The summed E-state index contributed by atoms with van der Waals surface area (Å²) in [4.78, 5) is 2.45. The number of fused-ring (bicyclic) bond motifs is 6. The van der Waals surface area contributed by atoms with Gasteiger partial charge in [-0.25, -0.2) is 0 Å². The SMILES string of the molecule is CC1(C)c2ccccc2-c2cc(N(c3ccccc3)c3ccc4c(c3)-c3cc(-c5ccccc5)ccc3C(C)(C)C4(C)C)ccc2C1(C)C. The first-order valence-electron chi connectivity index (χ1n) is 17.8. The van der Waals surface area contributed by atoms with E-state index in [1.807, 2.05) is 0 Å². The topological polar surface area (TPSA) is 3.24 Å². The van der Waals surface area contributed by atoms with Gasteiger partial charge < -0.3 is 4.90 Å². The summed E-state index contributed by atoms with van der Waals surface area (Å²) in [6.45, 7) is 19.3. The highest BCUT2D eigenvalue weighted by Gasteiger charge is 2.47. The minimum atomic E-state index is -0.0619. The Hall–Kier alpha value is -4.88. The predicted octanol–water partition coefficient (Wildman–Crippen LogP) is 13.3. The first kappa shape index (κ1) is 31.4. The third-order valence-electron chi connectivity index (χ3n) is 13.0. The molecule has 8 rings (SSSR count). The van der Waals surface area contributed by atoms with Gasteiger partial charge >= 0.3 is 0 Å². The number of nitrogens with zero attached hydrogens (tertiary/aromatic N) is 1. The molecule has 1 heteroatoms. The van der Waals surface area contributed by atoms with E-state index in [2.05, 4.69) is 200 Å². The number of hydrogen-bond acceptors (Lipinski definition) is 1. The molecule has 6 aromatic carbocycles. The van der Waals surface area contributed by atoms with E-state index in [9.17, 15) is 0 Å². The smallest absolute Gasteiger partial charge is 0.0468 e. The molecule has 0 N–H and O–H groups in total. The molecule has 0 saturated heterocycles. The molecule has 0 atom stereocenters. The van der Waals surface area contributed by atoms with Crippen LogP contribution in [0.1, 0.15) is 77.6 Å². The molecule has 244 valence electrons. The van der Waals surface area contributed by atoms with Crippen LogP contribution in [-0.4, -0.2) is 0 Å². The number of para-hydroxylation sites is 1. The molecule has 0 amide bonds. The van der Waals surface area contributed by atoms with Gasteiger partial charge in [0.1, 0.15) is 0 Å². The Kier molecular flexibility index (Phi) is 6.93. The maximum Gasteiger partial charge on any atom is 0.0468 e. The maximum absolute atomic E-state index is 2.45. The average Bonchev–Trinajstić information content (AvgIpc) is 3.11. The van der Waals surface area contributed by atoms with Crippen LogP contribution in [0.3, 0.4) is 0 Å². The number of anilines is 3. The standard InChI is InChI=1S/C48H47N/c1-45(2)41-22-16-15-21-37(41)39-30-35(24-27-43(39)47(45,5)6)49(34-19-13-10-14-20-34)36-25-28-44-40(31-36)38-29-33(32-17-11-9-12-18-32)23-26-42(38)46(3,4)48(44,7)8/h9-31H,1-8H3. The van der Waals surface area contributed by atoms with Gasteiger partial charge in [0.25, 0.3) is 0 Å². The van der Waals surface area contributed by atoms with Crippen LogP contribution in [0.25, 0.3) is 33.4 Å². The Labute approximate surface area is 293 Å². The van der Waals surface area contributed by atoms with E-state index >= 15 is 0 Å². The molecule has 0 fully saturated rings. The van der Waals surface area contributed by atoms with Crippen molar-refractivity contribution in [2.75, 3.05) is 4.90 Å². The summed E-state index contributed by atoms with van der Waals surface area (Å²) in [6, 6.07) is 52.1. The van der Waals surface area contributed by atoms with E-state index in [0.29, 0.717) is 0 Å². The lowest BCUT2D eigenvalue weighted by atomic mass is 9.55. The minimum Gasteiger partial charge on any atom is -0.310 e. The van der Waals surface area contributed by atoms with Gasteiger partial charge in [-0.3, -0.25) is 0 Å². The van der Waals surface area contributed by atoms with Gasteiger partial charge in [0.15, 0.2) is 0 Å². The van der Waals surface area contributed by atoms with Crippen LogP contribution in [0.4, 0.5) is 17.1 Å². The van der Waals surface area contributed by atoms with Crippen molar-refractivity contribution >= 4 is 17.1 Å². The highest BCUT2D eigenvalue weighted by Crippen LogP contribution is 2.57. The highest BCUT2D eigenvalue weighted by molar-refractivity contribution is 5.88. The zero-order valence-corrected chi connectivity index (χ0v) is 30.2. The van der Waals surface area contributed by atoms with Crippen LogP contribution in [0.15, 0.2) is 140 Å². The van der Waals surface area contributed by atoms with Crippen molar-refractivity contribution in [3.05, 3.63) is 162 Å². The summed E-state index contributed by atoms with van der Waals surface area (Å²) in [5, 5.41) is 0. The van der Waals surface area contributed by atoms with Gasteiger partial charge in [-0.1, -0.05) is 152 Å². The predicted molar refractivity (Wildman–Crippen MR) is 210 cm³/mol. The van der Waals surface area contributed by atoms with E-state index < -0.39 is 0 Å². The van der Waals surface area contributed by atoms with Gasteiger partial charge in [0.05, 0.1) is 0 Å². The molecule has 6 aromatic rings. The van der Waals surface area contributed by atoms with Crippen molar-refractivity contribution < 1.29 is 0 Å². The Morgan fingerprint density at radius 2 is 0.714 bits per heavy atom. The van der Waals surface area contributed by atoms with E-state index in [4.69, 9.17) is 0 Å². The molecule has 0 spiro atoms. The molecule has 2 aliphatic carbocycles. The summed E-state index contributed by atoms with van der Waals surface area (Å²) >= 11 is 0. The zero-order chi connectivity index (χ0) is 34.3. The number of rotatable bonds is 4. The third kappa shape index (κ3) is 4.51. The van der Waals surface area contributed by atoms with E-state index in [-0.39, 0.29) is 21.7 Å². The minimum absolute atomic E-state index is 0.00228. The van der Waals surface area contributed by atoms with Gasteiger partial charge in [-0.15, -0.1) is 0 Å². The second-order valence-corrected chi connectivity index (χ2v) is 16.3. The van der Waals surface area contributed by atoms with Crippen LogP contribution in [-0.2, 0) is 21.7 Å². The van der Waals surface area contributed by atoms with Crippen LogP contribution in [0.5, 0.6) is 0 Å². The first-order valence-corrected chi connectivity index (χ1v) is 17.8. The summed E-state index contributed by atoms with van der Waals surface area (Å²) in [5.41, 5.74) is 16.8. The lowest BCUT2D eigenvalue weighted by molar-refractivity contribution is 0.299. The summed E-state index contributed by atoms with van der Waals surface area (Å²) in [5.74, 6) is 0. The van der Waals surface area contributed by atoms with E-state index in [1.54, 1.807) is 0 Å². The molecule has 0 saturated carbocycles. The molecular formula is C48H47N. The Morgan fingerprint density at radius 1 is 0.306 bits per heavy atom. The van der Waals surface area contributed by atoms with E-state index in [0.717, 1.165) is 5.69 Å². The molecule has 2 aliphatic rings. The molecule has 0 radical (unpaired) electrons. The van der Waals surface area contributed by atoms with Gasteiger partial charge in [0, 0.05) is 17.1 Å². The summed E-state index contributed by atoms with van der Waals surface area (Å²) in [7, 11) is 0. The number of benzene rings is 6. The average molecular weight is 638 g/mol. The van der Waals surface area contributed by atoms with Crippen LogP contribution >= 0.6 is 0 Å². The molecule has 0 unspecified atom stereocenters. The van der Waals surface area contributed by atoms with Crippen LogP contribution in [0, 0.1) is 0 Å². The molecule has 1 nitrogen and oxygen atoms in total. The Balaban J connectivity index is 1.35. The van der Waals surface area contributed by atoms with Crippen LogP contribution in [0.2, 0.25) is 0 Å². The largest absolute Gasteiger partial charge is 0.310 e. The quantitative estimate of drug-likeness (QED) is 0.186. The molecule has 0 aliphatic heterocycles. The van der Waals surface area contributed by atoms with Gasteiger partial charge in [0.2, 0.25) is 0 Å². The molecular weight excluding hydrogens is 591 g/mol. The second-order valence-electron chi connectivity index (χ2n) is 16.3. The van der Waals surface area contributed by atoms with Crippen molar-refractivity contribution in [2.24, 2.45) is 0 Å². The van der Waals surface area contributed by atoms with Crippen molar-refractivity contribution in [1.29, 1.82) is 0 Å². The van der Waals surface area contributed by atoms with E-state index in [1.165, 1.54) is 67.0 Å². The normalized spacial score (nSPS) is 17.2. The van der Waals surface area contributed by atoms with Crippen molar-refractivity contribution in [3.8, 4) is 33.4 Å². The fraction of sp³-hybridized carbons (Fsp3) is 0.250. The molecule has 0 bridgehead atoms. The Bertz CT molecular complexity index is 2220. The first-order chi connectivity index (χ1) is 23.3. The summed E-state index contributed by atoms with van der Waals surface area (Å²) < 4.78 is 0. The monoisotopic (exact) mass is 637 g/mol. The highest BCUT2D eigenvalue weighted by atomic mass is 15.1.